The summed E-state index contributed by atoms with van der Waals surface area (Å²) >= 11 is 0. The van der Waals surface area contributed by atoms with E-state index in [-0.39, 0.29) is 11.9 Å². The van der Waals surface area contributed by atoms with Gasteiger partial charge < -0.3 is 15.4 Å². The number of carbonyl (C=O) groups is 1. The Morgan fingerprint density at radius 3 is 2.76 bits per heavy atom. The van der Waals surface area contributed by atoms with Gasteiger partial charge in [-0.3, -0.25) is 4.79 Å². The number of amides is 1. The maximum atomic E-state index is 12.4. The van der Waals surface area contributed by atoms with Crippen LogP contribution >= 0.6 is 0 Å². The van der Waals surface area contributed by atoms with Crippen molar-refractivity contribution in [2.45, 2.75) is 45.1 Å². The summed E-state index contributed by atoms with van der Waals surface area (Å²) in [6.07, 6.45) is 7.29. The monoisotopic (exact) mass is 340 g/mol. The number of ether oxygens (including phenoxy) is 1. The van der Waals surface area contributed by atoms with Gasteiger partial charge in [0.25, 0.3) is 5.91 Å². The highest BCUT2D eigenvalue weighted by Gasteiger charge is 2.18. The average Bonchev–Trinajstić information content (AvgIpc) is 2.63. The van der Waals surface area contributed by atoms with Crippen LogP contribution in [0.1, 0.15) is 48.2 Å². The van der Waals surface area contributed by atoms with Crippen molar-refractivity contribution in [1.29, 1.82) is 0 Å². The lowest BCUT2D eigenvalue weighted by Crippen LogP contribution is -2.36. The van der Waals surface area contributed by atoms with Gasteiger partial charge in [0.05, 0.1) is 12.8 Å². The summed E-state index contributed by atoms with van der Waals surface area (Å²) in [4.78, 5) is 21.0. The summed E-state index contributed by atoms with van der Waals surface area (Å²) in [6.45, 7) is 2.00. The number of benzene rings is 1. The van der Waals surface area contributed by atoms with Crippen molar-refractivity contribution in [2.24, 2.45) is 0 Å². The average molecular weight is 340 g/mol. The number of nitrogens with zero attached hydrogens (tertiary/aromatic N) is 2. The number of carbonyl (C=O) groups excluding carboxylic acids is 1. The van der Waals surface area contributed by atoms with E-state index in [4.69, 9.17) is 4.74 Å². The third-order valence-corrected chi connectivity index (χ3v) is 4.43. The van der Waals surface area contributed by atoms with Crippen molar-refractivity contribution in [2.75, 3.05) is 12.4 Å². The molecule has 1 aliphatic carbocycles. The number of hydrogen-bond donors (Lipinski definition) is 2. The molecule has 6 heteroatoms. The largest absolute Gasteiger partial charge is 0.495 e. The van der Waals surface area contributed by atoms with Gasteiger partial charge in [-0.15, -0.1) is 0 Å². The first-order chi connectivity index (χ1) is 12.2. The number of methoxy groups -OCH3 is 1. The SMILES string of the molecule is COc1ccc(C)cc1Nc1nccc(C(=O)NC2CCCCC2)n1. The van der Waals surface area contributed by atoms with Gasteiger partial charge in [0.15, 0.2) is 0 Å². The molecule has 1 saturated carbocycles. The molecular formula is C19H24N4O2. The molecular weight excluding hydrogens is 316 g/mol. The predicted octanol–water partition coefficient (Wildman–Crippen LogP) is 3.60. The molecule has 0 spiro atoms. The first-order valence-corrected chi connectivity index (χ1v) is 8.71. The summed E-state index contributed by atoms with van der Waals surface area (Å²) in [5.74, 6) is 0.931. The number of rotatable bonds is 5. The van der Waals surface area contributed by atoms with E-state index in [9.17, 15) is 4.79 Å². The Morgan fingerprint density at radius 1 is 1.20 bits per heavy atom. The fraction of sp³-hybridized carbons (Fsp3) is 0.421. The summed E-state index contributed by atoms with van der Waals surface area (Å²) in [5, 5.41) is 6.21. The van der Waals surface area contributed by atoms with Gasteiger partial charge in [-0.05, 0) is 43.5 Å². The highest BCUT2D eigenvalue weighted by atomic mass is 16.5. The van der Waals surface area contributed by atoms with Crippen molar-refractivity contribution in [3.8, 4) is 5.75 Å². The Kier molecular flexibility index (Phi) is 5.48. The molecule has 3 rings (SSSR count). The topological polar surface area (TPSA) is 76.1 Å². The number of nitrogens with one attached hydrogen (secondary N) is 2. The second-order valence-electron chi connectivity index (χ2n) is 6.40. The van der Waals surface area contributed by atoms with Crippen molar-refractivity contribution in [3.63, 3.8) is 0 Å². The van der Waals surface area contributed by atoms with Gasteiger partial charge in [0, 0.05) is 12.2 Å². The molecule has 1 aromatic carbocycles. The third kappa shape index (κ3) is 4.47. The van der Waals surface area contributed by atoms with Crippen LogP contribution in [0.4, 0.5) is 11.6 Å². The van der Waals surface area contributed by atoms with Crippen LogP contribution in [0.3, 0.4) is 0 Å². The van der Waals surface area contributed by atoms with E-state index >= 15 is 0 Å². The molecule has 0 saturated heterocycles. The maximum absolute atomic E-state index is 12.4. The standard InChI is InChI=1S/C19H24N4O2/c1-13-8-9-17(25-2)16(12-13)23-19-20-11-10-15(22-19)18(24)21-14-6-4-3-5-7-14/h8-12,14H,3-7H2,1-2H3,(H,21,24)(H,20,22,23). The van der Waals surface area contributed by atoms with Crippen molar-refractivity contribution < 1.29 is 9.53 Å². The smallest absolute Gasteiger partial charge is 0.270 e. The minimum atomic E-state index is -0.145. The van der Waals surface area contributed by atoms with E-state index in [0.29, 0.717) is 17.4 Å². The second kappa shape index (κ2) is 7.96. The van der Waals surface area contributed by atoms with E-state index < -0.39 is 0 Å². The number of hydrogen-bond acceptors (Lipinski definition) is 5. The first kappa shape index (κ1) is 17.2. The molecule has 2 aromatic rings. The Balaban J connectivity index is 1.73. The van der Waals surface area contributed by atoms with Gasteiger partial charge in [-0.2, -0.15) is 0 Å². The lowest BCUT2D eigenvalue weighted by Gasteiger charge is -2.22. The van der Waals surface area contributed by atoms with Crippen LogP contribution < -0.4 is 15.4 Å². The minimum absolute atomic E-state index is 0.145. The lowest BCUT2D eigenvalue weighted by atomic mass is 9.95. The molecule has 0 unspecified atom stereocenters. The molecule has 0 atom stereocenters. The van der Waals surface area contributed by atoms with E-state index in [1.165, 1.54) is 19.3 Å². The van der Waals surface area contributed by atoms with Gasteiger partial charge in [0.2, 0.25) is 5.95 Å². The van der Waals surface area contributed by atoms with Crippen LogP contribution in [-0.2, 0) is 0 Å². The van der Waals surface area contributed by atoms with Gasteiger partial charge >= 0.3 is 0 Å². The summed E-state index contributed by atoms with van der Waals surface area (Å²) in [5.41, 5.74) is 2.23. The van der Waals surface area contributed by atoms with E-state index in [2.05, 4.69) is 20.6 Å². The Labute approximate surface area is 148 Å². The fourth-order valence-electron chi connectivity index (χ4n) is 3.09. The number of aromatic nitrogens is 2. The fourth-order valence-corrected chi connectivity index (χ4v) is 3.09. The Bertz CT molecular complexity index is 742. The quantitative estimate of drug-likeness (QED) is 0.870. The highest BCUT2D eigenvalue weighted by Crippen LogP contribution is 2.27. The van der Waals surface area contributed by atoms with Gasteiger partial charge in [-0.1, -0.05) is 25.3 Å². The van der Waals surface area contributed by atoms with E-state index in [0.717, 1.165) is 24.1 Å². The highest BCUT2D eigenvalue weighted by molar-refractivity contribution is 5.92. The molecule has 0 aliphatic heterocycles. The van der Waals surface area contributed by atoms with Crippen LogP contribution in [0.15, 0.2) is 30.5 Å². The van der Waals surface area contributed by atoms with Crippen LogP contribution in [0, 0.1) is 6.92 Å². The zero-order valence-corrected chi connectivity index (χ0v) is 14.7. The van der Waals surface area contributed by atoms with Crippen molar-refractivity contribution >= 4 is 17.5 Å². The molecule has 1 fully saturated rings. The van der Waals surface area contributed by atoms with Crippen LogP contribution in [0.2, 0.25) is 0 Å². The van der Waals surface area contributed by atoms with Gasteiger partial charge in [0.1, 0.15) is 11.4 Å². The number of anilines is 2. The molecule has 1 amide bonds. The molecule has 0 radical (unpaired) electrons. The van der Waals surface area contributed by atoms with E-state index in [1.54, 1.807) is 19.4 Å². The molecule has 132 valence electrons. The zero-order chi connectivity index (χ0) is 17.6. The van der Waals surface area contributed by atoms with Crippen LogP contribution in [0.25, 0.3) is 0 Å². The van der Waals surface area contributed by atoms with E-state index in [1.807, 2.05) is 25.1 Å². The van der Waals surface area contributed by atoms with Crippen LogP contribution in [-0.4, -0.2) is 29.0 Å². The minimum Gasteiger partial charge on any atom is -0.495 e. The van der Waals surface area contributed by atoms with Crippen LogP contribution in [0.5, 0.6) is 5.75 Å². The second-order valence-corrected chi connectivity index (χ2v) is 6.40. The molecule has 1 heterocycles. The molecule has 0 bridgehead atoms. The summed E-state index contributed by atoms with van der Waals surface area (Å²) in [6, 6.07) is 7.70. The third-order valence-electron chi connectivity index (χ3n) is 4.43. The Hall–Kier alpha value is -2.63. The normalized spacial score (nSPS) is 14.8. The summed E-state index contributed by atoms with van der Waals surface area (Å²) < 4.78 is 5.35. The maximum Gasteiger partial charge on any atom is 0.270 e. The summed E-state index contributed by atoms with van der Waals surface area (Å²) in [7, 11) is 1.62. The Morgan fingerprint density at radius 2 is 2.00 bits per heavy atom. The predicted molar refractivity (Wildman–Crippen MR) is 97.4 cm³/mol. The molecule has 6 nitrogen and oxygen atoms in total. The zero-order valence-electron chi connectivity index (χ0n) is 14.7. The first-order valence-electron chi connectivity index (χ1n) is 8.71. The molecule has 1 aromatic heterocycles. The molecule has 2 N–H and O–H groups in total. The van der Waals surface area contributed by atoms with Crippen molar-refractivity contribution in [1.82, 2.24) is 15.3 Å². The number of aryl methyl sites for hydroxylation is 1. The molecule has 1 aliphatic rings. The molecule has 25 heavy (non-hydrogen) atoms. The van der Waals surface area contributed by atoms with Gasteiger partial charge in [-0.25, -0.2) is 9.97 Å². The van der Waals surface area contributed by atoms with Crippen molar-refractivity contribution in [3.05, 3.63) is 41.7 Å². The lowest BCUT2D eigenvalue weighted by molar-refractivity contribution is 0.0922.